The Morgan fingerprint density at radius 2 is 1.95 bits per heavy atom. The Morgan fingerprint density at radius 3 is 2.75 bits per heavy atom. The van der Waals surface area contributed by atoms with E-state index in [1.54, 1.807) is 5.57 Å². The van der Waals surface area contributed by atoms with Crippen molar-refractivity contribution in [2.24, 2.45) is 17.8 Å². The number of nitrogens with one attached hydrogen (secondary N) is 1. The zero-order valence-electron chi connectivity index (χ0n) is 12.6. The molecule has 20 heavy (non-hydrogen) atoms. The maximum absolute atomic E-state index is 3.64. The van der Waals surface area contributed by atoms with Crippen molar-refractivity contribution in [3.8, 4) is 0 Å². The highest BCUT2D eigenvalue weighted by Crippen LogP contribution is 2.43. The first-order valence-corrected chi connectivity index (χ1v) is 8.36. The molecule has 3 atom stereocenters. The molecule has 0 radical (unpaired) electrons. The Bertz CT molecular complexity index is 448. The fraction of sp³-hybridized carbons (Fsp3) is 0.579. The number of fused-ring (bicyclic) bond motifs is 1. The molecule has 0 saturated carbocycles. The summed E-state index contributed by atoms with van der Waals surface area (Å²) in [6, 6.07) is 11.0. The van der Waals surface area contributed by atoms with E-state index in [2.05, 4.69) is 48.6 Å². The molecule has 0 spiro atoms. The molecule has 1 nitrogen and oxygen atoms in total. The van der Waals surface area contributed by atoms with Crippen molar-refractivity contribution in [3.63, 3.8) is 0 Å². The van der Waals surface area contributed by atoms with E-state index in [0.717, 1.165) is 17.8 Å². The fourth-order valence-electron chi connectivity index (χ4n) is 4.09. The van der Waals surface area contributed by atoms with Crippen molar-refractivity contribution in [2.75, 3.05) is 13.1 Å². The van der Waals surface area contributed by atoms with Crippen molar-refractivity contribution in [3.05, 3.63) is 42.0 Å². The topological polar surface area (TPSA) is 12.0 Å². The van der Waals surface area contributed by atoms with Crippen molar-refractivity contribution >= 4 is 5.57 Å². The van der Waals surface area contributed by atoms with Crippen LogP contribution in [0.2, 0.25) is 0 Å². The normalized spacial score (nSPS) is 29.1. The van der Waals surface area contributed by atoms with E-state index in [4.69, 9.17) is 0 Å². The molecule has 1 heteroatoms. The summed E-state index contributed by atoms with van der Waals surface area (Å²) in [5.41, 5.74) is 3.05. The van der Waals surface area contributed by atoms with Gasteiger partial charge in [-0.25, -0.2) is 0 Å². The Kier molecular flexibility index (Phi) is 4.57. The van der Waals surface area contributed by atoms with Crippen LogP contribution in [-0.2, 0) is 0 Å². The highest BCUT2D eigenvalue weighted by atomic mass is 14.9. The standard InChI is InChI=1S/C19H27N/c1-2-3-5-8-16-11-12-17(15-9-6-4-7-10-15)19-14-20-13-18(16)19/h4,6-7,9-10,12,16,18-20H,2-3,5,8,11,13-14H2,1H3. The van der Waals surface area contributed by atoms with Crippen LogP contribution >= 0.6 is 0 Å². The van der Waals surface area contributed by atoms with Gasteiger partial charge in [0.25, 0.3) is 0 Å². The molecule has 1 heterocycles. The lowest BCUT2D eigenvalue weighted by Crippen LogP contribution is -2.27. The summed E-state index contributed by atoms with van der Waals surface area (Å²) < 4.78 is 0. The summed E-state index contributed by atoms with van der Waals surface area (Å²) in [5.74, 6) is 2.53. The van der Waals surface area contributed by atoms with Crippen LogP contribution in [0.25, 0.3) is 5.57 Å². The number of unbranched alkanes of at least 4 members (excludes halogenated alkanes) is 2. The number of hydrogen-bond acceptors (Lipinski definition) is 1. The number of allylic oxidation sites excluding steroid dienone is 1. The van der Waals surface area contributed by atoms with Crippen LogP contribution in [0, 0.1) is 17.8 Å². The molecule has 1 saturated heterocycles. The van der Waals surface area contributed by atoms with Gasteiger partial charge in [-0.1, -0.05) is 62.6 Å². The van der Waals surface area contributed by atoms with E-state index >= 15 is 0 Å². The van der Waals surface area contributed by atoms with E-state index in [1.165, 1.54) is 50.8 Å². The maximum atomic E-state index is 3.64. The van der Waals surface area contributed by atoms with Crippen LogP contribution in [0.3, 0.4) is 0 Å². The minimum Gasteiger partial charge on any atom is -0.316 e. The molecule has 1 aromatic carbocycles. The zero-order chi connectivity index (χ0) is 13.8. The second-order valence-electron chi connectivity index (χ2n) is 6.45. The van der Waals surface area contributed by atoms with Crippen LogP contribution in [0.1, 0.15) is 44.6 Å². The van der Waals surface area contributed by atoms with Gasteiger partial charge in [-0.15, -0.1) is 0 Å². The third-order valence-corrected chi connectivity index (χ3v) is 5.19. The predicted octanol–water partition coefficient (Wildman–Crippen LogP) is 4.51. The van der Waals surface area contributed by atoms with Crippen molar-refractivity contribution in [2.45, 2.75) is 39.0 Å². The van der Waals surface area contributed by atoms with Crippen molar-refractivity contribution in [1.29, 1.82) is 0 Å². The molecule has 2 aliphatic rings. The lowest BCUT2D eigenvalue weighted by molar-refractivity contribution is 0.283. The van der Waals surface area contributed by atoms with E-state index in [9.17, 15) is 0 Å². The number of rotatable bonds is 5. The average molecular weight is 269 g/mol. The minimum atomic E-state index is 0.748. The molecule has 0 bridgehead atoms. The zero-order valence-corrected chi connectivity index (χ0v) is 12.6. The lowest BCUT2D eigenvalue weighted by Gasteiger charge is -2.34. The maximum Gasteiger partial charge on any atom is 0.00236 e. The minimum absolute atomic E-state index is 0.748. The third kappa shape index (κ3) is 2.83. The Balaban J connectivity index is 1.75. The molecular formula is C19H27N. The summed E-state index contributed by atoms with van der Waals surface area (Å²) in [5, 5.41) is 3.64. The quantitative estimate of drug-likeness (QED) is 0.776. The summed E-state index contributed by atoms with van der Waals surface area (Å²) in [6.45, 7) is 4.70. The molecule has 1 N–H and O–H groups in total. The van der Waals surface area contributed by atoms with Gasteiger partial charge in [0.1, 0.15) is 0 Å². The Morgan fingerprint density at radius 1 is 1.10 bits per heavy atom. The van der Waals surface area contributed by atoms with E-state index in [0.29, 0.717) is 0 Å². The highest BCUT2D eigenvalue weighted by Gasteiger charge is 2.37. The summed E-state index contributed by atoms with van der Waals surface area (Å²) in [4.78, 5) is 0. The van der Waals surface area contributed by atoms with Crippen LogP contribution in [0.15, 0.2) is 36.4 Å². The molecule has 0 aromatic heterocycles. The first-order valence-electron chi connectivity index (χ1n) is 8.36. The van der Waals surface area contributed by atoms with Crippen molar-refractivity contribution in [1.82, 2.24) is 5.32 Å². The number of benzene rings is 1. The van der Waals surface area contributed by atoms with E-state index < -0.39 is 0 Å². The van der Waals surface area contributed by atoms with Gasteiger partial charge < -0.3 is 5.32 Å². The first-order chi connectivity index (χ1) is 9.90. The SMILES string of the molecule is CCCCCC1CC=C(c2ccccc2)C2CNCC12. The predicted molar refractivity (Wildman–Crippen MR) is 86.5 cm³/mol. The van der Waals surface area contributed by atoms with E-state index in [1.807, 2.05) is 0 Å². The molecule has 3 rings (SSSR count). The molecule has 1 aliphatic carbocycles. The van der Waals surface area contributed by atoms with Crippen LogP contribution in [-0.4, -0.2) is 13.1 Å². The van der Waals surface area contributed by atoms with Crippen LogP contribution < -0.4 is 5.32 Å². The monoisotopic (exact) mass is 269 g/mol. The summed E-state index contributed by atoms with van der Waals surface area (Å²) in [6.07, 6.45) is 9.41. The van der Waals surface area contributed by atoms with Gasteiger partial charge in [-0.2, -0.15) is 0 Å². The van der Waals surface area contributed by atoms with Gasteiger partial charge in [-0.3, -0.25) is 0 Å². The van der Waals surface area contributed by atoms with Gasteiger partial charge >= 0.3 is 0 Å². The van der Waals surface area contributed by atoms with Gasteiger partial charge in [0.15, 0.2) is 0 Å². The van der Waals surface area contributed by atoms with E-state index in [-0.39, 0.29) is 0 Å². The molecular weight excluding hydrogens is 242 g/mol. The second kappa shape index (κ2) is 6.58. The molecule has 3 unspecified atom stereocenters. The van der Waals surface area contributed by atoms with Gasteiger partial charge in [0.2, 0.25) is 0 Å². The van der Waals surface area contributed by atoms with Crippen LogP contribution in [0.4, 0.5) is 0 Å². The lowest BCUT2D eigenvalue weighted by atomic mass is 9.70. The summed E-state index contributed by atoms with van der Waals surface area (Å²) >= 11 is 0. The summed E-state index contributed by atoms with van der Waals surface area (Å²) in [7, 11) is 0. The van der Waals surface area contributed by atoms with Crippen LogP contribution in [0.5, 0.6) is 0 Å². The largest absolute Gasteiger partial charge is 0.316 e. The fourth-order valence-corrected chi connectivity index (χ4v) is 4.09. The van der Waals surface area contributed by atoms with Gasteiger partial charge in [-0.05, 0) is 42.4 Å². The first kappa shape index (κ1) is 13.9. The molecule has 1 aliphatic heterocycles. The van der Waals surface area contributed by atoms with Gasteiger partial charge in [0.05, 0.1) is 0 Å². The molecule has 1 aromatic rings. The average Bonchev–Trinajstić information content (AvgIpc) is 2.98. The molecule has 0 amide bonds. The Hall–Kier alpha value is -1.08. The Labute approximate surface area is 123 Å². The molecule has 1 fully saturated rings. The smallest absolute Gasteiger partial charge is 0.00236 e. The van der Waals surface area contributed by atoms with Crippen molar-refractivity contribution < 1.29 is 0 Å². The molecule has 108 valence electrons. The highest BCUT2D eigenvalue weighted by molar-refractivity contribution is 5.69. The second-order valence-corrected chi connectivity index (χ2v) is 6.45. The number of hydrogen-bond donors (Lipinski definition) is 1. The third-order valence-electron chi connectivity index (χ3n) is 5.19. The van der Waals surface area contributed by atoms with Gasteiger partial charge in [0, 0.05) is 12.5 Å².